The summed E-state index contributed by atoms with van der Waals surface area (Å²) in [6, 6.07) is 7.11. The molecule has 13 heteroatoms. The normalized spacial score (nSPS) is 15.3. The maximum absolute atomic E-state index is 14.5. The van der Waals surface area contributed by atoms with Gasteiger partial charge >= 0.3 is 6.18 Å². The van der Waals surface area contributed by atoms with Crippen molar-refractivity contribution in [3.05, 3.63) is 64.2 Å². The van der Waals surface area contributed by atoms with Gasteiger partial charge in [0, 0.05) is 28.0 Å². The number of amides is 1. The lowest BCUT2D eigenvalue weighted by Crippen LogP contribution is -2.21. The summed E-state index contributed by atoms with van der Waals surface area (Å²) in [5, 5.41) is 9.07. The Morgan fingerprint density at radius 3 is 2.47 bits per heavy atom. The van der Waals surface area contributed by atoms with Gasteiger partial charge in [-0.05, 0) is 62.4 Å². The summed E-state index contributed by atoms with van der Waals surface area (Å²) < 4.78 is 80.3. The molecule has 1 fully saturated rings. The van der Waals surface area contributed by atoms with Crippen molar-refractivity contribution in [2.45, 2.75) is 43.7 Å². The first-order valence-electron chi connectivity index (χ1n) is 10.7. The number of hydrogen-bond donors (Lipinski definition) is 2. The summed E-state index contributed by atoms with van der Waals surface area (Å²) in [7, 11) is -3.11. The quantitative estimate of drug-likeness (QED) is 0.321. The molecule has 1 aliphatic carbocycles. The van der Waals surface area contributed by atoms with Crippen molar-refractivity contribution >= 4 is 21.3 Å². The van der Waals surface area contributed by atoms with Gasteiger partial charge in [-0.1, -0.05) is 6.07 Å². The Morgan fingerprint density at radius 1 is 1.17 bits per heavy atom. The smallest absolute Gasteiger partial charge is 0.418 e. The molecule has 2 aromatic heterocycles. The van der Waals surface area contributed by atoms with E-state index < -0.39 is 50.5 Å². The average molecular weight is 524 g/mol. The van der Waals surface area contributed by atoms with E-state index >= 15 is 0 Å². The second kappa shape index (κ2) is 9.12. The lowest BCUT2D eigenvalue weighted by atomic mass is 10.1. The minimum absolute atomic E-state index is 0.0667. The maximum atomic E-state index is 14.5. The minimum Gasteiger partial charge on any atom is -0.418 e. The summed E-state index contributed by atoms with van der Waals surface area (Å²) in [4.78, 5) is 17.1. The monoisotopic (exact) mass is 523 g/mol. The van der Waals surface area contributed by atoms with E-state index in [1.807, 2.05) is 0 Å². The van der Waals surface area contributed by atoms with Crippen LogP contribution in [0.15, 0.2) is 35.2 Å². The Balaban J connectivity index is 1.75. The molecular formula is C23H21F4N5O3S. The topological polar surface area (TPSA) is 118 Å². The van der Waals surface area contributed by atoms with Crippen LogP contribution in [0.5, 0.6) is 11.8 Å². The number of nitrogens with zero attached hydrogens (tertiary/aromatic N) is 3. The van der Waals surface area contributed by atoms with Crippen LogP contribution in [0.2, 0.25) is 0 Å². The van der Waals surface area contributed by atoms with E-state index in [9.17, 15) is 26.6 Å². The molecule has 1 saturated carbocycles. The first-order valence-corrected chi connectivity index (χ1v) is 12.7. The Morgan fingerprint density at radius 2 is 1.86 bits per heavy atom. The minimum atomic E-state index is -4.91. The van der Waals surface area contributed by atoms with Crippen molar-refractivity contribution < 1.29 is 31.3 Å². The number of ether oxygens (including phenoxy) is 1. The van der Waals surface area contributed by atoms with Crippen LogP contribution in [0.1, 0.15) is 51.5 Å². The molecule has 1 aliphatic rings. The number of carbonyl (C=O) groups is 1. The number of anilines is 1. The van der Waals surface area contributed by atoms with E-state index in [-0.39, 0.29) is 22.4 Å². The van der Waals surface area contributed by atoms with Gasteiger partial charge in [0.1, 0.15) is 5.56 Å². The molecule has 1 aromatic carbocycles. The molecule has 2 N–H and O–H groups in total. The van der Waals surface area contributed by atoms with E-state index in [1.165, 1.54) is 30.5 Å². The molecule has 0 bridgehead atoms. The average Bonchev–Trinajstić information content (AvgIpc) is 3.60. The summed E-state index contributed by atoms with van der Waals surface area (Å²) in [5.41, 5.74) is -1.62. The summed E-state index contributed by atoms with van der Waals surface area (Å²) in [6.07, 6.45) is -2.05. The molecule has 1 unspecified atom stereocenters. The fraction of sp³-hybridized carbons (Fsp3) is 0.304. The summed E-state index contributed by atoms with van der Waals surface area (Å²) >= 11 is 0. The highest BCUT2D eigenvalue weighted by molar-refractivity contribution is 7.91. The van der Waals surface area contributed by atoms with Crippen molar-refractivity contribution in [3.63, 3.8) is 0 Å². The number of nitrogens with one attached hydrogen (secondary N) is 2. The Hall–Kier alpha value is -3.61. The van der Waals surface area contributed by atoms with Gasteiger partial charge in [0.15, 0.2) is 5.69 Å². The maximum Gasteiger partial charge on any atom is 0.435 e. The highest BCUT2D eigenvalue weighted by Gasteiger charge is 2.38. The molecule has 36 heavy (non-hydrogen) atoms. The van der Waals surface area contributed by atoms with Gasteiger partial charge in [-0.15, -0.1) is 10.2 Å². The lowest BCUT2D eigenvalue weighted by Gasteiger charge is -2.16. The van der Waals surface area contributed by atoms with Gasteiger partial charge in [0.05, 0.1) is 9.73 Å². The second-order valence-corrected chi connectivity index (χ2v) is 10.7. The van der Waals surface area contributed by atoms with E-state index in [4.69, 9.17) is 9.52 Å². The van der Waals surface area contributed by atoms with Crippen LogP contribution < -0.4 is 10.1 Å². The predicted molar refractivity (Wildman–Crippen MR) is 122 cm³/mol. The van der Waals surface area contributed by atoms with Gasteiger partial charge in [-0.2, -0.15) is 22.5 Å². The zero-order chi connectivity index (χ0) is 26.4. The van der Waals surface area contributed by atoms with Gasteiger partial charge in [0.2, 0.25) is 11.8 Å². The van der Waals surface area contributed by atoms with Gasteiger partial charge in [-0.3, -0.25) is 4.79 Å². The Kier molecular flexibility index (Phi) is 6.45. The number of rotatable bonds is 6. The third kappa shape index (κ3) is 5.30. The first-order chi connectivity index (χ1) is 16.8. The number of hydrogen-bond acceptors (Lipinski definition) is 7. The zero-order valence-corrected chi connectivity index (χ0v) is 20.2. The molecule has 0 aliphatic heterocycles. The summed E-state index contributed by atoms with van der Waals surface area (Å²) in [6.45, 7) is 2.63. The van der Waals surface area contributed by atoms with Crippen molar-refractivity contribution in [2.75, 3.05) is 11.6 Å². The number of benzene rings is 1. The fourth-order valence-corrected chi connectivity index (χ4v) is 4.28. The largest absolute Gasteiger partial charge is 0.435 e. The van der Waals surface area contributed by atoms with Crippen LogP contribution >= 0.6 is 0 Å². The van der Waals surface area contributed by atoms with Crippen molar-refractivity contribution in [1.29, 1.82) is 4.78 Å². The highest BCUT2D eigenvalue weighted by Crippen LogP contribution is 2.42. The van der Waals surface area contributed by atoms with Crippen LogP contribution in [-0.4, -0.2) is 31.6 Å². The second-order valence-electron chi connectivity index (χ2n) is 8.54. The number of alkyl halides is 3. The van der Waals surface area contributed by atoms with Gasteiger partial charge in [-0.25, -0.2) is 8.99 Å². The zero-order valence-electron chi connectivity index (χ0n) is 19.4. The SMILES string of the molecule is Cc1cc(C2CC2)c(F)nc1Oc1nnc(C(F)(F)F)c(C)c1C(=O)Nc1cccc(S(C)(=N)=O)c1. The lowest BCUT2D eigenvalue weighted by molar-refractivity contribution is -0.142. The van der Waals surface area contributed by atoms with Crippen molar-refractivity contribution in [3.8, 4) is 11.8 Å². The summed E-state index contributed by atoms with van der Waals surface area (Å²) in [5.74, 6) is -2.59. The third-order valence-corrected chi connectivity index (χ3v) is 6.73. The third-order valence-electron chi connectivity index (χ3n) is 5.58. The molecule has 0 spiro atoms. The van der Waals surface area contributed by atoms with Crippen LogP contribution in [0.25, 0.3) is 0 Å². The molecular weight excluding hydrogens is 502 g/mol. The number of aromatic nitrogens is 3. The highest BCUT2D eigenvalue weighted by atomic mass is 32.2. The van der Waals surface area contributed by atoms with E-state index in [0.717, 1.165) is 19.8 Å². The van der Waals surface area contributed by atoms with E-state index in [0.29, 0.717) is 11.1 Å². The van der Waals surface area contributed by atoms with Gasteiger partial charge in [0.25, 0.3) is 11.8 Å². The molecule has 190 valence electrons. The van der Waals surface area contributed by atoms with Crippen LogP contribution in [-0.2, 0) is 15.9 Å². The van der Waals surface area contributed by atoms with Crippen LogP contribution in [0.4, 0.5) is 23.2 Å². The Bertz CT molecular complexity index is 1470. The molecule has 2 heterocycles. The molecule has 4 rings (SSSR count). The molecule has 1 atom stereocenters. The number of aryl methyl sites for hydroxylation is 1. The molecule has 0 saturated heterocycles. The molecule has 0 radical (unpaired) electrons. The molecule has 8 nitrogen and oxygen atoms in total. The first kappa shape index (κ1) is 25.5. The standard InChI is InChI=1S/C23H21F4N5O3S/c1-11-9-16(13-7-8-13)19(24)30-21(11)35-22-17(12(2)18(31-32-22)23(25,26)27)20(33)29-14-5-4-6-15(10-14)36(3,28)34/h4-6,9-10,13,28H,7-8H2,1-3H3,(H,29,33). The van der Waals surface area contributed by atoms with Crippen molar-refractivity contribution in [1.82, 2.24) is 15.2 Å². The van der Waals surface area contributed by atoms with Crippen LogP contribution in [0, 0.1) is 24.6 Å². The molecule has 1 amide bonds. The fourth-order valence-electron chi connectivity index (χ4n) is 3.59. The van der Waals surface area contributed by atoms with E-state index in [1.54, 1.807) is 13.0 Å². The number of carbonyl (C=O) groups excluding carboxylic acids is 1. The predicted octanol–water partition coefficient (Wildman–Crippen LogP) is 5.60. The molecule has 3 aromatic rings. The van der Waals surface area contributed by atoms with Crippen LogP contribution in [0.3, 0.4) is 0 Å². The number of pyridine rings is 1. The van der Waals surface area contributed by atoms with E-state index in [2.05, 4.69) is 20.5 Å². The van der Waals surface area contributed by atoms with Gasteiger partial charge < -0.3 is 10.1 Å². The Labute approximate surface area is 204 Å². The number of halogens is 4. The van der Waals surface area contributed by atoms with Crippen molar-refractivity contribution in [2.24, 2.45) is 0 Å².